The van der Waals surface area contributed by atoms with Gasteiger partial charge in [-0.3, -0.25) is 20.2 Å². The normalized spacial score (nSPS) is 10.7. The molecule has 4 aromatic carbocycles. The molecule has 0 saturated carbocycles. The minimum Gasteiger partial charge on any atom is -0.508 e. The van der Waals surface area contributed by atoms with Gasteiger partial charge in [0.2, 0.25) is 11.5 Å². The Bertz CT molecular complexity index is 1600. The fourth-order valence-electron chi connectivity index (χ4n) is 4.28. The van der Waals surface area contributed by atoms with Gasteiger partial charge in [-0.1, -0.05) is 42.0 Å². The highest BCUT2D eigenvalue weighted by atomic mass is 16.6. The van der Waals surface area contributed by atoms with E-state index in [0.717, 1.165) is 24.8 Å². The number of rotatable bonds is 9. The number of hydrogen-bond donors (Lipinski definition) is 3. The van der Waals surface area contributed by atoms with Crippen molar-refractivity contribution in [3.8, 4) is 56.8 Å². The summed E-state index contributed by atoms with van der Waals surface area (Å²) in [5.74, 6) is -2.54. The van der Waals surface area contributed by atoms with Crippen molar-refractivity contribution in [2.45, 2.75) is 13.5 Å². The Morgan fingerprint density at radius 2 is 1.38 bits per heavy atom. The quantitative estimate of drug-likeness (QED) is 0.170. The average Bonchev–Trinajstić information content (AvgIpc) is 2.92. The first-order chi connectivity index (χ1) is 19.1. The number of nitro benzene ring substituents is 2. The van der Waals surface area contributed by atoms with Crippen LogP contribution in [-0.2, 0) is 6.61 Å². The maximum atomic E-state index is 12.3. The molecule has 0 unspecified atom stereocenters. The van der Waals surface area contributed by atoms with Crippen molar-refractivity contribution in [3.05, 3.63) is 92.0 Å². The van der Waals surface area contributed by atoms with Crippen molar-refractivity contribution in [1.82, 2.24) is 0 Å². The minimum absolute atomic E-state index is 0.0801. The summed E-state index contributed by atoms with van der Waals surface area (Å²) in [6.07, 6.45) is 0. The number of ether oxygens (including phenoxy) is 3. The average molecular weight is 549 g/mol. The molecule has 3 N–H and O–H groups in total. The zero-order valence-corrected chi connectivity index (χ0v) is 21.6. The van der Waals surface area contributed by atoms with E-state index in [-0.39, 0.29) is 40.4 Å². The predicted octanol–water partition coefficient (Wildman–Crippen LogP) is 5.86. The fraction of sp³-hybridized carbons (Fsp3) is 0.143. The Morgan fingerprint density at radius 1 is 0.750 bits per heavy atom. The van der Waals surface area contributed by atoms with Gasteiger partial charge in [0.15, 0.2) is 17.2 Å². The molecule has 12 nitrogen and oxygen atoms in total. The van der Waals surface area contributed by atoms with E-state index in [1.54, 1.807) is 12.1 Å². The first kappa shape index (κ1) is 27.5. The molecule has 0 amide bonds. The van der Waals surface area contributed by atoms with Gasteiger partial charge in [-0.05, 0) is 36.2 Å². The van der Waals surface area contributed by atoms with Crippen molar-refractivity contribution < 1.29 is 39.4 Å². The van der Waals surface area contributed by atoms with Crippen LogP contribution in [0, 0.1) is 27.2 Å². The molecule has 0 bridgehead atoms. The lowest BCUT2D eigenvalue weighted by Crippen LogP contribution is -2.03. The summed E-state index contributed by atoms with van der Waals surface area (Å²) in [6, 6.07) is 14.7. The first-order valence-electron chi connectivity index (χ1n) is 11.7. The van der Waals surface area contributed by atoms with E-state index >= 15 is 0 Å². The smallest absolute Gasteiger partial charge is 0.323 e. The summed E-state index contributed by atoms with van der Waals surface area (Å²) in [7, 11) is 2.31. The van der Waals surface area contributed by atoms with Crippen LogP contribution in [0.3, 0.4) is 0 Å². The van der Waals surface area contributed by atoms with Crippen molar-refractivity contribution in [2.75, 3.05) is 14.2 Å². The fourth-order valence-corrected chi connectivity index (χ4v) is 4.28. The molecule has 0 aliphatic carbocycles. The third-order valence-electron chi connectivity index (χ3n) is 6.14. The number of phenolic OH excluding ortho intramolecular Hbond substituents is 3. The van der Waals surface area contributed by atoms with E-state index in [0.29, 0.717) is 5.56 Å². The number of nitrogens with zero attached hydrogens (tertiary/aromatic N) is 2. The van der Waals surface area contributed by atoms with Crippen LogP contribution < -0.4 is 14.2 Å². The second-order valence-electron chi connectivity index (χ2n) is 8.69. The molecule has 4 rings (SSSR count). The van der Waals surface area contributed by atoms with Gasteiger partial charge in [0.05, 0.1) is 29.6 Å². The van der Waals surface area contributed by atoms with Gasteiger partial charge in [0, 0.05) is 11.6 Å². The highest BCUT2D eigenvalue weighted by molar-refractivity contribution is 5.96. The largest absolute Gasteiger partial charge is 0.508 e. The molecule has 0 saturated heterocycles. The summed E-state index contributed by atoms with van der Waals surface area (Å²) in [5.41, 5.74) is 0.0338. The predicted molar refractivity (Wildman–Crippen MR) is 144 cm³/mol. The van der Waals surface area contributed by atoms with Crippen LogP contribution in [0.4, 0.5) is 11.4 Å². The molecule has 0 heterocycles. The van der Waals surface area contributed by atoms with Crippen LogP contribution in [-0.4, -0.2) is 39.4 Å². The van der Waals surface area contributed by atoms with Gasteiger partial charge in [0.25, 0.3) is 0 Å². The van der Waals surface area contributed by atoms with Gasteiger partial charge >= 0.3 is 11.4 Å². The topological polar surface area (TPSA) is 175 Å². The zero-order valence-electron chi connectivity index (χ0n) is 21.6. The van der Waals surface area contributed by atoms with E-state index in [2.05, 4.69) is 0 Å². The molecular formula is C28H24N2O10. The van der Waals surface area contributed by atoms with Crippen molar-refractivity contribution in [1.29, 1.82) is 0 Å². The molecule has 0 aromatic heterocycles. The Labute approximate surface area is 227 Å². The standard InChI is InChI=1S/C28H24N2O10/c1-15-4-6-16(7-5-15)14-40-26-20(29(34)35)12-18(13-21(26)32)23-25(33)28(39-3)22(17-8-10-19(31)11-9-17)24(30(36)37)27(23)38-2/h4-13,31-33H,14H2,1-3H3. The van der Waals surface area contributed by atoms with E-state index in [4.69, 9.17) is 14.2 Å². The van der Waals surface area contributed by atoms with E-state index in [9.17, 15) is 35.5 Å². The Balaban J connectivity index is 1.94. The Kier molecular flexibility index (Phi) is 7.62. The SMILES string of the molecule is COc1c(O)c(-c2cc(O)c(OCc3ccc(C)cc3)c([N+](=O)[O-])c2)c(OC)c([N+](=O)[O-])c1-c1ccc(O)cc1. The number of aromatic hydroxyl groups is 3. The highest BCUT2D eigenvalue weighted by Gasteiger charge is 2.35. The summed E-state index contributed by atoms with van der Waals surface area (Å²) < 4.78 is 16.3. The molecule has 0 spiro atoms. The highest BCUT2D eigenvalue weighted by Crippen LogP contribution is 2.57. The molecule has 0 fully saturated rings. The lowest BCUT2D eigenvalue weighted by Gasteiger charge is -2.19. The van der Waals surface area contributed by atoms with E-state index in [1.165, 1.54) is 31.4 Å². The Morgan fingerprint density at radius 3 is 1.93 bits per heavy atom. The monoisotopic (exact) mass is 548 g/mol. The lowest BCUT2D eigenvalue weighted by atomic mass is 9.94. The van der Waals surface area contributed by atoms with Crippen LogP contribution >= 0.6 is 0 Å². The maximum Gasteiger partial charge on any atom is 0.323 e. The molecule has 40 heavy (non-hydrogen) atoms. The van der Waals surface area contributed by atoms with Crippen molar-refractivity contribution in [2.24, 2.45) is 0 Å². The number of benzene rings is 4. The van der Waals surface area contributed by atoms with E-state index < -0.39 is 44.2 Å². The lowest BCUT2D eigenvalue weighted by molar-refractivity contribution is -0.386. The van der Waals surface area contributed by atoms with Crippen LogP contribution in [0.15, 0.2) is 60.7 Å². The van der Waals surface area contributed by atoms with Crippen LogP contribution in [0.1, 0.15) is 11.1 Å². The summed E-state index contributed by atoms with van der Waals surface area (Å²) >= 11 is 0. The van der Waals surface area contributed by atoms with Crippen LogP contribution in [0.2, 0.25) is 0 Å². The third kappa shape index (κ3) is 5.10. The second kappa shape index (κ2) is 11.1. The van der Waals surface area contributed by atoms with Crippen LogP contribution in [0.5, 0.6) is 34.5 Å². The second-order valence-corrected chi connectivity index (χ2v) is 8.69. The molecular weight excluding hydrogens is 524 g/mol. The van der Waals surface area contributed by atoms with Gasteiger partial charge in [-0.15, -0.1) is 0 Å². The van der Waals surface area contributed by atoms with Gasteiger partial charge in [-0.2, -0.15) is 0 Å². The molecule has 206 valence electrons. The molecule has 0 atom stereocenters. The van der Waals surface area contributed by atoms with E-state index in [1.807, 2.05) is 19.1 Å². The number of methoxy groups -OCH3 is 2. The van der Waals surface area contributed by atoms with Crippen molar-refractivity contribution in [3.63, 3.8) is 0 Å². The number of hydrogen-bond acceptors (Lipinski definition) is 10. The van der Waals surface area contributed by atoms with Crippen molar-refractivity contribution >= 4 is 11.4 Å². The van der Waals surface area contributed by atoms with Crippen LogP contribution in [0.25, 0.3) is 22.3 Å². The number of phenols is 3. The summed E-state index contributed by atoms with van der Waals surface area (Å²) in [5, 5.41) is 56.0. The van der Waals surface area contributed by atoms with Gasteiger partial charge in [-0.25, -0.2) is 0 Å². The number of nitro groups is 2. The number of aryl methyl sites for hydroxylation is 1. The molecule has 0 radical (unpaired) electrons. The summed E-state index contributed by atoms with van der Waals surface area (Å²) in [4.78, 5) is 22.8. The Hall–Kier alpha value is -5.52. The molecule has 0 aliphatic heterocycles. The minimum atomic E-state index is -0.784. The molecule has 4 aromatic rings. The summed E-state index contributed by atoms with van der Waals surface area (Å²) in [6.45, 7) is 1.82. The van der Waals surface area contributed by atoms with Gasteiger partial charge in [0.1, 0.15) is 17.9 Å². The first-order valence-corrected chi connectivity index (χ1v) is 11.7. The van der Waals surface area contributed by atoms with Gasteiger partial charge < -0.3 is 29.5 Å². The third-order valence-corrected chi connectivity index (χ3v) is 6.14. The molecule has 12 heteroatoms. The zero-order chi connectivity index (χ0) is 29.1. The maximum absolute atomic E-state index is 12.3. The molecule has 0 aliphatic rings.